The zero-order valence-electron chi connectivity index (χ0n) is 12.1. The van der Waals surface area contributed by atoms with E-state index < -0.39 is 0 Å². The van der Waals surface area contributed by atoms with Crippen molar-refractivity contribution in [1.29, 1.82) is 0 Å². The highest BCUT2D eigenvalue weighted by Gasteiger charge is 2.38. The van der Waals surface area contributed by atoms with Crippen LogP contribution in [0.2, 0.25) is 0 Å². The maximum absolute atomic E-state index is 12.4. The van der Waals surface area contributed by atoms with E-state index in [1.807, 2.05) is 0 Å². The van der Waals surface area contributed by atoms with Gasteiger partial charge in [-0.3, -0.25) is 9.59 Å². The highest BCUT2D eigenvalue weighted by atomic mass is 79.9. The van der Waals surface area contributed by atoms with Crippen molar-refractivity contribution in [3.05, 3.63) is 27.1 Å². The summed E-state index contributed by atoms with van der Waals surface area (Å²) in [5.74, 6) is 0.635. The number of aromatic nitrogens is 1. The van der Waals surface area contributed by atoms with Crippen LogP contribution in [0.25, 0.3) is 0 Å². The maximum Gasteiger partial charge on any atom is 0.264 e. The molecule has 1 saturated carbocycles. The van der Waals surface area contributed by atoms with Gasteiger partial charge in [-0.25, -0.2) is 0 Å². The Morgan fingerprint density at radius 3 is 2.90 bits per heavy atom. The van der Waals surface area contributed by atoms with Gasteiger partial charge in [0, 0.05) is 19.3 Å². The second kappa shape index (κ2) is 5.93. The third kappa shape index (κ3) is 3.06. The fourth-order valence-corrected chi connectivity index (χ4v) is 4.02. The van der Waals surface area contributed by atoms with Crippen LogP contribution in [0, 0.1) is 5.92 Å². The quantitative estimate of drug-likeness (QED) is 0.854. The van der Waals surface area contributed by atoms with Gasteiger partial charge in [0.25, 0.3) is 5.56 Å². The molecule has 1 aromatic rings. The number of amides is 1. The van der Waals surface area contributed by atoms with Gasteiger partial charge in [-0.2, -0.15) is 0 Å². The van der Waals surface area contributed by atoms with E-state index in [0.717, 1.165) is 6.42 Å². The van der Waals surface area contributed by atoms with Crippen LogP contribution in [0.1, 0.15) is 32.1 Å². The molecule has 1 aliphatic carbocycles. The van der Waals surface area contributed by atoms with Crippen LogP contribution in [-0.2, 0) is 11.8 Å². The van der Waals surface area contributed by atoms with E-state index in [-0.39, 0.29) is 17.5 Å². The number of aryl methyl sites for hydroxylation is 1. The Bertz CT molecular complexity index is 573. The number of pyridine rings is 1. The van der Waals surface area contributed by atoms with Crippen LogP contribution in [0.4, 0.5) is 5.69 Å². The summed E-state index contributed by atoms with van der Waals surface area (Å²) < 4.78 is 1.91. The van der Waals surface area contributed by atoms with Gasteiger partial charge in [0.05, 0.1) is 16.2 Å². The molecule has 6 heteroatoms. The summed E-state index contributed by atoms with van der Waals surface area (Å²) in [7, 11) is 1.67. The Kier molecular flexibility index (Phi) is 4.17. The summed E-state index contributed by atoms with van der Waals surface area (Å²) in [4.78, 5) is 24.0. The number of nitrogens with zero attached hydrogens (tertiary/aromatic N) is 1. The SMILES string of the molecule is Cn1cc(NC(=O)C2CC3CCCCC3N2)cc(Br)c1=O. The molecule has 1 saturated heterocycles. The fraction of sp³-hybridized carbons (Fsp3) is 0.600. The highest BCUT2D eigenvalue weighted by Crippen LogP contribution is 2.33. The molecule has 1 aromatic heterocycles. The molecule has 0 aromatic carbocycles. The van der Waals surface area contributed by atoms with Gasteiger partial charge >= 0.3 is 0 Å². The predicted octanol–water partition coefficient (Wildman–Crippen LogP) is 2.01. The summed E-state index contributed by atoms with van der Waals surface area (Å²) in [6, 6.07) is 2.04. The number of carbonyl (C=O) groups is 1. The first-order valence-corrected chi connectivity index (χ1v) is 8.27. The van der Waals surface area contributed by atoms with E-state index in [2.05, 4.69) is 26.6 Å². The summed E-state index contributed by atoms with van der Waals surface area (Å²) >= 11 is 3.22. The minimum absolute atomic E-state index is 0.00468. The molecule has 2 fully saturated rings. The maximum atomic E-state index is 12.4. The average Bonchev–Trinajstić information content (AvgIpc) is 2.88. The summed E-state index contributed by atoms with van der Waals surface area (Å²) in [5.41, 5.74) is 0.531. The van der Waals surface area contributed by atoms with Gasteiger partial charge in [-0.1, -0.05) is 12.8 Å². The first-order valence-electron chi connectivity index (χ1n) is 7.47. The third-order valence-electron chi connectivity index (χ3n) is 4.59. The van der Waals surface area contributed by atoms with Gasteiger partial charge in [-0.05, 0) is 47.2 Å². The molecule has 0 spiro atoms. The largest absolute Gasteiger partial charge is 0.323 e. The molecule has 2 N–H and O–H groups in total. The van der Waals surface area contributed by atoms with Crippen molar-refractivity contribution in [3.63, 3.8) is 0 Å². The lowest BCUT2D eigenvalue weighted by Crippen LogP contribution is -2.40. The average molecular weight is 354 g/mol. The second-order valence-corrected chi connectivity index (χ2v) is 6.94. The van der Waals surface area contributed by atoms with Crippen molar-refractivity contribution in [2.24, 2.45) is 13.0 Å². The molecular formula is C15H20BrN3O2. The normalized spacial score (nSPS) is 28.2. The molecule has 0 radical (unpaired) electrons. The van der Waals surface area contributed by atoms with Crippen molar-refractivity contribution < 1.29 is 4.79 Å². The Morgan fingerprint density at radius 2 is 2.19 bits per heavy atom. The lowest BCUT2D eigenvalue weighted by Gasteiger charge is -2.24. The number of carbonyl (C=O) groups excluding carboxylic acids is 1. The summed E-state index contributed by atoms with van der Waals surface area (Å²) in [5, 5.41) is 6.37. The molecule has 1 amide bonds. The smallest absolute Gasteiger partial charge is 0.264 e. The van der Waals surface area contributed by atoms with Crippen molar-refractivity contribution in [3.8, 4) is 0 Å². The monoisotopic (exact) mass is 353 g/mol. The van der Waals surface area contributed by atoms with Gasteiger partial charge < -0.3 is 15.2 Å². The summed E-state index contributed by atoms with van der Waals surface area (Å²) in [6.07, 6.45) is 7.52. The first-order chi connectivity index (χ1) is 10.0. The molecule has 5 nitrogen and oxygen atoms in total. The van der Waals surface area contributed by atoms with Crippen LogP contribution >= 0.6 is 15.9 Å². The van der Waals surface area contributed by atoms with Crippen LogP contribution in [-0.4, -0.2) is 22.6 Å². The van der Waals surface area contributed by atoms with E-state index in [1.54, 1.807) is 19.3 Å². The number of hydrogen-bond acceptors (Lipinski definition) is 3. The Balaban J connectivity index is 1.68. The molecule has 2 heterocycles. The zero-order valence-corrected chi connectivity index (χ0v) is 13.6. The molecule has 3 unspecified atom stereocenters. The molecule has 3 rings (SSSR count). The van der Waals surface area contributed by atoms with Crippen molar-refractivity contribution >= 4 is 27.5 Å². The molecular weight excluding hydrogens is 334 g/mol. The van der Waals surface area contributed by atoms with E-state index in [0.29, 0.717) is 22.1 Å². The number of hydrogen-bond donors (Lipinski definition) is 2. The van der Waals surface area contributed by atoms with Gasteiger partial charge in [0.1, 0.15) is 0 Å². The Hall–Kier alpha value is -1.14. The van der Waals surface area contributed by atoms with Crippen LogP contribution in [0.3, 0.4) is 0 Å². The fourth-order valence-electron chi connectivity index (χ4n) is 3.49. The molecule has 0 bridgehead atoms. The van der Waals surface area contributed by atoms with E-state index >= 15 is 0 Å². The molecule has 2 aliphatic rings. The lowest BCUT2D eigenvalue weighted by molar-refractivity contribution is -0.117. The topological polar surface area (TPSA) is 63.1 Å². The number of anilines is 1. The number of nitrogens with one attached hydrogen (secondary N) is 2. The zero-order chi connectivity index (χ0) is 15.0. The van der Waals surface area contributed by atoms with Crippen molar-refractivity contribution in [1.82, 2.24) is 9.88 Å². The van der Waals surface area contributed by atoms with Crippen molar-refractivity contribution in [2.75, 3.05) is 5.32 Å². The highest BCUT2D eigenvalue weighted by molar-refractivity contribution is 9.10. The number of rotatable bonds is 2. The van der Waals surface area contributed by atoms with Crippen LogP contribution in [0.15, 0.2) is 21.5 Å². The summed E-state index contributed by atoms with van der Waals surface area (Å²) in [6.45, 7) is 0. The van der Waals surface area contributed by atoms with E-state index in [1.165, 1.54) is 30.3 Å². The second-order valence-electron chi connectivity index (χ2n) is 6.09. The minimum atomic E-state index is -0.117. The minimum Gasteiger partial charge on any atom is -0.323 e. The van der Waals surface area contributed by atoms with E-state index in [4.69, 9.17) is 0 Å². The molecule has 21 heavy (non-hydrogen) atoms. The van der Waals surface area contributed by atoms with Crippen LogP contribution in [0.5, 0.6) is 0 Å². The van der Waals surface area contributed by atoms with E-state index in [9.17, 15) is 9.59 Å². The Labute approximate surface area is 132 Å². The standard InChI is InChI=1S/C15H20BrN3O2/c1-19-8-10(7-11(16)15(19)21)17-14(20)13-6-9-4-2-3-5-12(9)18-13/h7-9,12-13,18H,2-6H2,1H3,(H,17,20). The van der Waals surface area contributed by atoms with Gasteiger partial charge in [0.2, 0.25) is 5.91 Å². The Morgan fingerprint density at radius 1 is 1.43 bits per heavy atom. The van der Waals surface area contributed by atoms with Gasteiger partial charge in [-0.15, -0.1) is 0 Å². The molecule has 3 atom stereocenters. The predicted molar refractivity (Wildman–Crippen MR) is 85.3 cm³/mol. The third-order valence-corrected chi connectivity index (χ3v) is 5.15. The van der Waals surface area contributed by atoms with Gasteiger partial charge in [0.15, 0.2) is 0 Å². The number of fused-ring (bicyclic) bond motifs is 1. The first kappa shape index (κ1) is 14.8. The number of halogens is 1. The molecule has 114 valence electrons. The lowest BCUT2D eigenvalue weighted by atomic mass is 9.85. The molecule has 1 aliphatic heterocycles. The van der Waals surface area contributed by atoms with Crippen molar-refractivity contribution in [2.45, 2.75) is 44.2 Å². The van der Waals surface area contributed by atoms with Crippen LogP contribution < -0.4 is 16.2 Å².